The quantitative estimate of drug-likeness (QED) is 0.818. The summed E-state index contributed by atoms with van der Waals surface area (Å²) in [5.74, 6) is 0. The molecule has 0 radical (unpaired) electrons. The Bertz CT molecular complexity index is 321. The van der Waals surface area contributed by atoms with Gasteiger partial charge in [-0.3, -0.25) is 0 Å². The van der Waals surface area contributed by atoms with Gasteiger partial charge in [0, 0.05) is 15.5 Å². The number of rotatable bonds is 1. The molecule has 0 bridgehead atoms. The highest BCUT2D eigenvalue weighted by Gasteiger charge is 2.16. The molecule has 2 rings (SSSR count). The van der Waals surface area contributed by atoms with Crippen molar-refractivity contribution in [3.05, 3.63) is 33.3 Å². The van der Waals surface area contributed by atoms with Gasteiger partial charge >= 0.3 is 0 Å². The summed E-state index contributed by atoms with van der Waals surface area (Å²) < 4.78 is 1.04. The van der Waals surface area contributed by atoms with Gasteiger partial charge in [-0.2, -0.15) is 0 Å². The van der Waals surface area contributed by atoms with Crippen molar-refractivity contribution in [2.45, 2.75) is 25.3 Å². The summed E-state index contributed by atoms with van der Waals surface area (Å²) in [6.07, 6.45) is 3.77. The van der Waals surface area contributed by atoms with Crippen LogP contribution in [0.2, 0.25) is 5.02 Å². The van der Waals surface area contributed by atoms with Crippen LogP contribution in [0.25, 0.3) is 0 Å². The van der Waals surface area contributed by atoms with Gasteiger partial charge in [0.1, 0.15) is 0 Å². The molecule has 1 saturated heterocycles. The maximum Gasteiger partial charge on any atom is 0.0465 e. The lowest BCUT2D eigenvalue weighted by molar-refractivity contribution is 0.412. The van der Waals surface area contributed by atoms with Crippen molar-refractivity contribution in [2.24, 2.45) is 0 Å². The smallest absolute Gasteiger partial charge is 0.0465 e. The minimum absolute atomic E-state index is 0.448. The normalized spacial score (nSPS) is 22.3. The second-order valence-corrected chi connectivity index (χ2v) is 4.99. The van der Waals surface area contributed by atoms with E-state index in [1.807, 2.05) is 6.07 Å². The molecular formula is C11H13BrClN. The van der Waals surface area contributed by atoms with Crippen LogP contribution in [0.1, 0.15) is 30.9 Å². The fraction of sp³-hybridized carbons (Fsp3) is 0.455. The van der Waals surface area contributed by atoms with Gasteiger partial charge in [-0.05, 0) is 37.1 Å². The Labute approximate surface area is 98.0 Å². The van der Waals surface area contributed by atoms with E-state index in [1.165, 1.54) is 24.8 Å². The van der Waals surface area contributed by atoms with Gasteiger partial charge in [0.2, 0.25) is 0 Å². The second kappa shape index (κ2) is 4.65. The molecule has 1 N–H and O–H groups in total. The van der Waals surface area contributed by atoms with Gasteiger partial charge in [0.05, 0.1) is 0 Å². The highest BCUT2D eigenvalue weighted by Crippen LogP contribution is 2.30. The van der Waals surface area contributed by atoms with Crippen molar-refractivity contribution < 1.29 is 0 Å². The van der Waals surface area contributed by atoms with E-state index in [9.17, 15) is 0 Å². The Morgan fingerprint density at radius 3 is 2.86 bits per heavy atom. The van der Waals surface area contributed by atoms with E-state index in [2.05, 4.69) is 33.4 Å². The van der Waals surface area contributed by atoms with Gasteiger partial charge in [-0.1, -0.05) is 40.0 Å². The summed E-state index contributed by atoms with van der Waals surface area (Å²) in [4.78, 5) is 0. The Hall–Kier alpha value is -0.0500. The zero-order valence-corrected chi connectivity index (χ0v) is 10.2. The van der Waals surface area contributed by atoms with E-state index >= 15 is 0 Å². The van der Waals surface area contributed by atoms with Crippen molar-refractivity contribution in [1.29, 1.82) is 0 Å². The standard InChI is InChI=1S/C11H13BrClN/c12-8-4-5-9(10(13)7-8)11-3-1-2-6-14-11/h4-5,7,11,14H,1-3,6H2/t11-/m1/s1. The Morgan fingerprint density at radius 1 is 1.36 bits per heavy atom. The number of hydrogen-bond acceptors (Lipinski definition) is 1. The van der Waals surface area contributed by atoms with Crippen LogP contribution in [0.4, 0.5) is 0 Å². The molecule has 1 fully saturated rings. The topological polar surface area (TPSA) is 12.0 Å². The molecule has 0 amide bonds. The monoisotopic (exact) mass is 273 g/mol. The van der Waals surface area contributed by atoms with E-state index in [1.54, 1.807) is 0 Å². The van der Waals surface area contributed by atoms with Crippen LogP contribution in [0.5, 0.6) is 0 Å². The van der Waals surface area contributed by atoms with Crippen LogP contribution in [0.15, 0.2) is 22.7 Å². The molecule has 0 spiro atoms. The van der Waals surface area contributed by atoms with Crippen molar-refractivity contribution in [1.82, 2.24) is 5.32 Å². The summed E-state index contributed by atoms with van der Waals surface area (Å²) in [5, 5.41) is 4.36. The highest BCUT2D eigenvalue weighted by atomic mass is 79.9. The maximum absolute atomic E-state index is 6.19. The van der Waals surface area contributed by atoms with E-state index in [-0.39, 0.29) is 0 Å². The molecule has 1 atom stereocenters. The molecule has 3 heteroatoms. The molecular weight excluding hydrogens is 261 g/mol. The Kier molecular flexibility index (Phi) is 3.47. The Balaban J connectivity index is 2.22. The molecule has 1 aromatic carbocycles. The lowest BCUT2D eigenvalue weighted by Gasteiger charge is -2.24. The van der Waals surface area contributed by atoms with Crippen molar-refractivity contribution in [3.63, 3.8) is 0 Å². The molecule has 1 heterocycles. The molecule has 14 heavy (non-hydrogen) atoms. The average Bonchev–Trinajstić information content (AvgIpc) is 2.19. The zero-order valence-electron chi connectivity index (χ0n) is 7.89. The lowest BCUT2D eigenvalue weighted by atomic mass is 9.98. The molecule has 0 aromatic heterocycles. The van der Waals surface area contributed by atoms with Crippen molar-refractivity contribution in [3.8, 4) is 0 Å². The molecule has 1 aliphatic rings. The van der Waals surface area contributed by atoms with Crippen LogP contribution in [0.3, 0.4) is 0 Å². The molecule has 76 valence electrons. The SMILES string of the molecule is Clc1cc(Br)ccc1[C@H]1CCCCN1. The largest absolute Gasteiger partial charge is 0.310 e. The number of halogens is 2. The molecule has 1 nitrogen and oxygen atoms in total. The molecule has 1 aromatic rings. The van der Waals surface area contributed by atoms with Crippen LogP contribution >= 0.6 is 27.5 Å². The zero-order chi connectivity index (χ0) is 9.97. The minimum Gasteiger partial charge on any atom is -0.310 e. The Morgan fingerprint density at radius 2 is 2.21 bits per heavy atom. The van der Waals surface area contributed by atoms with Crippen molar-refractivity contribution in [2.75, 3.05) is 6.54 Å². The third-order valence-corrected chi connectivity index (χ3v) is 3.47. The number of nitrogens with one attached hydrogen (secondary N) is 1. The van der Waals surface area contributed by atoms with Crippen LogP contribution < -0.4 is 5.32 Å². The summed E-state index contributed by atoms with van der Waals surface area (Å²) in [7, 11) is 0. The van der Waals surface area contributed by atoms with Gasteiger partial charge in [0.25, 0.3) is 0 Å². The predicted molar refractivity (Wildman–Crippen MR) is 63.7 cm³/mol. The number of benzene rings is 1. The lowest BCUT2D eigenvalue weighted by Crippen LogP contribution is -2.26. The maximum atomic E-state index is 6.19. The van der Waals surface area contributed by atoms with Crippen LogP contribution in [-0.4, -0.2) is 6.54 Å². The van der Waals surface area contributed by atoms with E-state index < -0.39 is 0 Å². The van der Waals surface area contributed by atoms with Gasteiger partial charge in [-0.25, -0.2) is 0 Å². The van der Waals surface area contributed by atoms with Gasteiger partial charge < -0.3 is 5.32 Å². The first-order valence-corrected chi connectivity index (χ1v) is 6.13. The van der Waals surface area contributed by atoms with Crippen LogP contribution in [0, 0.1) is 0 Å². The molecule has 1 aliphatic heterocycles. The third-order valence-electron chi connectivity index (χ3n) is 2.65. The molecule has 0 saturated carbocycles. The highest BCUT2D eigenvalue weighted by molar-refractivity contribution is 9.10. The number of hydrogen-bond donors (Lipinski definition) is 1. The first-order chi connectivity index (χ1) is 6.77. The summed E-state index contributed by atoms with van der Waals surface area (Å²) in [6.45, 7) is 1.11. The predicted octanol–water partition coefficient (Wildman–Crippen LogP) is 3.92. The number of piperidine rings is 1. The first-order valence-electron chi connectivity index (χ1n) is 4.96. The van der Waals surface area contributed by atoms with Gasteiger partial charge in [0.15, 0.2) is 0 Å². The average molecular weight is 275 g/mol. The van der Waals surface area contributed by atoms with E-state index in [4.69, 9.17) is 11.6 Å². The van der Waals surface area contributed by atoms with Crippen LogP contribution in [-0.2, 0) is 0 Å². The third kappa shape index (κ3) is 2.30. The minimum atomic E-state index is 0.448. The van der Waals surface area contributed by atoms with E-state index in [0.717, 1.165) is 16.0 Å². The van der Waals surface area contributed by atoms with E-state index in [0.29, 0.717) is 6.04 Å². The van der Waals surface area contributed by atoms with Gasteiger partial charge in [-0.15, -0.1) is 0 Å². The van der Waals surface area contributed by atoms with Crippen molar-refractivity contribution >= 4 is 27.5 Å². The molecule has 0 aliphatic carbocycles. The summed E-state index contributed by atoms with van der Waals surface area (Å²) in [6, 6.07) is 6.57. The molecule has 0 unspecified atom stereocenters. The fourth-order valence-electron chi connectivity index (χ4n) is 1.90. The second-order valence-electron chi connectivity index (χ2n) is 3.67. The summed E-state index contributed by atoms with van der Waals surface area (Å²) in [5.41, 5.74) is 1.23. The first kappa shape index (κ1) is 10.5. The fourth-order valence-corrected chi connectivity index (χ4v) is 2.71. The summed E-state index contributed by atoms with van der Waals surface area (Å²) >= 11 is 9.61.